The molecule has 27 heavy (non-hydrogen) atoms. The number of benzene rings is 1. The predicted octanol–water partition coefficient (Wildman–Crippen LogP) is 4.54. The van der Waals surface area contributed by atoms with Crippen molar-refractivity contribution in [1.82, 2.24) is 19.7 Å². The van der Waals surface area contributed by atoms with E-state index < -0.39 is 0 Å². The number of thioether (sulfide) groups is 1. The fourth-order valence-corrected chi connectivity index (χ4v) is 4.25. The van der Waals surface area contributed by atoms with Crippen molar-refractivity contribution in [3.63, 3.8) is 0 Å². The van der Waals surface area contributed by atoms with Crippen LogP contribution in [-0.2, 0) is 4.79 Å². The zero-order valence-electron chi connectivity index (χ0n) is 15.8. The topological polar surface area (TPSA) is 51.0 Å². The Bertz CT molecular complexity index is 826. The van der Waals surface area contributed by atoms with E-state index in [1.807, 2.05) is 34.7 Å². The van der Waals surface area contributed by atoms with Crippen molar-refractivity contribution in [3.05, 3.63) is 47.9 Å². The van der Waals surface area contributed by atoms with Crippen LogP contribution in [0.5, 0.6) is 0 Å². The lowest BCUT2D eigenvalue weighted by atomic mass is 10.0. The second-order valence-electron chi connectivity index (χ2n) is 7.14. The smallest absolute Gasteiger partial charge is 0.237 e. The Morgan fingerprint density at radius 2 is 2.07 bits per heavy atom. The number of aromatic nitrogens is 3. The highest BCUT2D eigenvalue weighted by Crippen LogP contribution is 2.40. The van der Waals surface area contributed by atoms with E-state index in [0.29, 0.717) is 16.8 Å². The summed E-state index contributed by atoms with van der Waals surface area (Å²) in [4.78, 5) is 19.4. The van der Waals surface area contributed by atoms with E-state index in [1.165, 1.54) is 43.1 Å². The quantitative estimate of drug-likeness (QED) is 0.660. The molecule has 0 aliphatic heterocycles. The van der Waals surface area contributed by atoms with Crippen LogP contribution in [-0.4, -0.2) is 37.9 Å². The molecule has 1 aromatic carbocycles. The lowest BCUT2D eigenvalue weighted by Crippen LogP contribution is -2.32. The lowest BCUT2D eigenvalue weighted by Gasteiger charge is -2.26. The van der Waals surface area contributed by atoms with Gasteiger partial charge in [-0.15, -0.1) is 5.10 Å². The molecule has 0 bridgehead atoms. The Balaban J connectivity index is 1.46. The second kappa shape index (κ2) is 8.30. The first-order valence-corrected chi connectivity index (χ1v) is 10.9. The lowest BCUT2D eigenvalue weighted by molar-refractivity contribution is -0.126. The largest absolute Gasteiger partial charge is 0.316 e. The van der Waals surface area contributed by atoms with Gasteiger partial charge in [-0.2, -0.15) is 0 Å². The molecule has 2 aliphatic rings. The van der Waals surface area contributed by atoms with E-state index in [1.54, 1.807) is 0 Å². The van der Waals surface area contributed by atoms with E-state index in [-0.39, 0.29) is 5.91 Å². The average Bonchev–Trinajstić information content (AvgIpc) is 3.48. The normalized spacial score (nSPS) is 16.9. The van der Waals surface area contributed by atoms with Gasteiger partial charge < -0.3 is 4.90 Å². The van der Waals surface area contributed by atoms with Gasteiger partial charge in [-0.25, -0.2) is 9.67 Å². The Morgan fingerprint density at radius 3 is 2.74 bits per heavy atom. The summed E-state index contributed by atoms with van der Waals surface area (Å²) in [6.45, 7) is 2.77. The van der Waals surface area contributed by atoms with Crippen molar-refractivity contribution in [1.29, 1.82) is 0 Å². The second-order valence-corrected chi connectivity index (χ2v) is 8.08. The molecule has 0 N–H and O–H groups in total. The number of carbonyl (C=O) groups is 1. The minimum absolute atomic E-state index is 0.152. The first-order chi connectivity index (χ1) is 13.3. The molecule has 6 heteroatoms. The summed E-state index contributed by atoms with van der Waals surface area (Å²) < 4.78 is 1.95. The SMILES string of the molecule is CCN(C(=O)CSc1nc(C2CC2)n(-c2ccccc2)n1)C1=CCCCC1. The fraction of sp³-hybridized carbons (Fsp3) is 0.476. The number of rotatable bonds is 7. The van der Waals surface area contributed by atoms with Gasteiger partial charge in [0.2, 0.25) is 11.1 Å². The molecule has 1 fully saturated rings. The highest BCUT2D eigenvalue weighted by atomic mass is 32.2. The molecule has 0 saturated heterocycles. The predicted molar refractivity (Wildman–Crippen MR) is 108 cm³/mol. The molecule has 0 radical (unpaired) electrons. The van der Waals surface area contributed by atoms with E-state index in [9.17, 15) is 4.79 Å². The summed E-state index contributed by atoms with van der Waals surface area (Å²) in [5.74, 6) is 2.06. The molecule has 142 valence electrons. The van der Waals surface area contributed by atoms with Crippen LogP contribution in [0.25, 0.3) is 5.69 Å². The zero-order valence-corrected chi connectivity index (χ0v) is 16.6. The number of amides is 1. The first-order valence-electron chi connectivity index (χ1n) is 9.91. The highest BCUT2D eigenvalue weighted by Gasteiger charge is 2.30. The molecule has 5 nitrogen and oxygen atoms in total. The van der Waals surface area contributed by atoms with Crippen LogP contribution in [0.3, 0.4) is 0 Å². The Kier molecular flexibility index (Phi) is 5.62. The number of hydrogen-bond donors (Lipinski definition) is 0. The van der Waals surface area contributed by atoms with E-state index in [4.69, 9.17) is 10.1 Å². The summed E-state index contributed by atoms with van der Waals surface area (Å²) in [6.07, 6.45) is 9.07. The van der Waals surface area contributed by atoms with E-state index in [0.717, 1.165) is 30.9 Å². The number of para-hydroxylation sites is 1. The maximum atomic E-state index is 12.8. The molecule has 0 unspecified atom stereocenters. The van der Waals surface area contributed by atoms with Gasteiger partial charge in [0.15, 0.2) is 0 Å². The van der Waals surface area contributed by atoms with Gasteiger partial charge in [-0.05, 0) is 57.6 Å². The van der Waals surface area contributed by atoms with Gasteiger partial charge in [0.1, 0.15) is 5.82 Å². The van der Waals surface area contributed by atoms with Crippen molar-refractivity contribution >= 4 is 17.7 Å². The van der Waals surface area contributed by atoms with Gasteiger partial charge >= 0.3 is 0 Å². The molecule has 2 aromatic rings. The standard InChI is InChI=1S/C21H26N4OS/c1-2-24(17-9-5-3-6-10-17)19(26)15-27-21-22-20(16-13-14-16)25(23-21)18-11-7-4-8-12-18/h4,7-9,11-12,16H,2-3,5-6,10,13-15H2,1H3. The summed E-state index contributed by atoms with van der Waals surface area (Å²) in [5, 5.41) is 5.39. The van der Waals surface area contributed by atoms with Crippen LogP contribution in [0.2, 0.25) is 0 Å². The summed E-state index contributed by atoms with van der Waals surface area (Å²) in [6, 6.07) is 10.1. The summed E-state index contributed by atoms with van der Waals surface area (Å²) in [5.41, 5.74) is 2.23. The van der Waals surface area contributed by atoms with Crippen molar-refractivity contribution in [3.8, 4) is 5.69 Å². The third kappa shape index (κ3) is 4.26. The van der Waals surface area contributed by atoms with Crippen LogP contribution in [0.4, 0.5) is 0 Å². The van der Waals surface area contributed by atoms with Crippen molar-refractivity contribution in [2.75, 3.05) is 12.3 Å². The van der Waals surface area contributed by atoms with Gasteiger partial charge in [0, 0.05) is 18.2 Å². The molecule has 4 rings (SSSR count). The molecular formula is C21H26N4OS. The third-order valence-electron chi connectivity index (χ3n) is 5.11. The molecular weight excluding hydrogens is 356 g/mol. The van der Waals surface area contributed by atoms with Crippen molar-refractivity contribution in [2.24, 2.45) is 0 Å². The monoisotopic (exact) mass is 382 g/mol. The maximum Gasteiger partial charge on any atom is 0.237 e. The van der Waals surface area contributed by atoms with Crippen LogP contribution in [0.1, 0.15) is 57.2 Å². The van der Waals surface area contributed by atoms with Gasteiger partial charge in [0.05, 0.1) is 11.4 Å². The summed E-state index contributed by atoms with van der Waals surface area (Å²) in [7, 11) is 0. The summed E-state index contributed by atoms with van der Waals surface area (Å²) >= 11 is 1.45. The van der Waals surface area contributed by atoms with Crippen LogP contribution in [0, 0.1) is 0 Å². The molecule has 1 aromatic heterocycles. The van der Waals surface area contributed by atoms with Gasteiger partial charge in [-0.3, -0.25) is 4.79 Å². The molecule has 1 amide bonds. The van der Waals surface area contributed by atoms with Crippen molar-refractivity contribution in [2.45, 2.75) is 56.5 Å². The molecule has 2 aliphatic carbocycles. The highest BCUT2D eigenvalue weighted by molar-refractivity contribution is 7.99. The molecule has 1 saturated carbocycles. The van der Waals surface area contributed by atoms with Gasteiger partial charge in [-0.1, -0.05) is 36.0 Å². The van der Waals surface area contributed by atoms with Crippen LogP contribution >= 0.6 is 11.8 Å². The minimum Gasteiger partial charge on any atom is -0.316 e. The number of allylic oxidation sites excluding steroid dienone is 2. The minimum atomic E-state index is 0.152. The third-order valence-corrected chi connectivity index (χ3v) is 5.93. The van der Waals surface area contributed by atoms with Crippen molar-refractivity contribution < 1.29 is 4.79 Å². The van der Waals surface area contributed by atoms with E-state index >= 15 is 0 Å². The fourth-order valence-electron chi connectivity index (χ4n) is 3.54. The Labute approximate surface area is 164 Å². The number of nitrogens with zero attached hydrogens (tertiary/aromatic N) is 4. The molecule has 1 heterocycles. The van der Waals surface area contributed by atoms with Crippen LogP contribution in [0.15, 0.2) is 47.3 Å². The average molecular weight is 383 g/mol. The Morgan fingerprint density at radius 1 is 1.26 bits per heavy atom. The van der Waals surface area contributed by atoms with Gasteiger partial charge in [0.25, 0.3) is 0 Å². The van der Waals surface area contributed by atoms with E-state index in [2.05, 4.69) is 18.2 Å². The first kappa shape index (κ1) is 18.3. The van der Waals surface area contributed by atoms with Crippen LogP contribution < -0.4 is 0 Å². The molecule has 0 spiro atoms. The zero-order chi connectivity index (χ0) is 18.6. The number of carbonyl (C=O) groups excluding carboxylic acids is 1. The molecule has 0 atom stereocenters. The Hall–Kier alpha value is -2.08. The maximum absolute atomic E-state index is 12.8. The number of hydrogen-bond acceptors (Lipinski definition) is 4.